The number of nitrogens with zero attached hydrogens (tertiary/aromatic N) is 2. The van der Waals surface area contributed by atoms with Crippen molar-refractivity contribution in [3.8, 4) is 5.75 Å². The average molecular weight is 200 g/mol. The van der Waals surface area contributed by atoms with E-state index < -0.39 is 0 Å². The van der Waals surface area contributed by atoms with Crippen molar-refractivity contribution >= 4 is 12.3 Å². The summed E-state index contributed by atoms with van der Waals surface area (Å²) in [6.07, 6.45) is 7.53. The van der Waals surface area contributed by atoms with E-state index in [1.165, 1.54) is 0 Å². The molecule has 0 bridgehead atoms. The van der Waals surface area contributed by atoms with Gasteiger partial charge in [0.2, 0.25) is 0 Å². The zero-order valence-electron chi connectivity index (χ0n) is 8.50. The van der Waals surface area contributed by atoms with E-state index in [2.05, 4.69) is 5.10 Å². The molecule has 3 nitrogen and oxygen atoms in total. The lowest BCUT2D eigenvalue weighted by Crippen LogP contribution is -1.85. The Bertz CT molecular complexity index is 429. The lowest BCUT2D eigenvalue weighted by atomic mass is 10.2. The molecule has 0 amide bonds. The van der Waals surface area contributed by atoms with Crippen molar-refractivity contribution in [1.82, 2.24) is 9.78 Å². The fourth-order valence-electron chi connectivity index (χ4n) is 1.25. The highest BCUT2D eigenvalue weighted by atomic mass is 16.5. The first-order chi connectivity index (χ1) is 7.38. The Labute approximate surface area is 88.6 Å². The molecule has 0 saturated heterocycles. The van der Waals surface area contributed by atoms with Gasteiger partial charge in [-0.1, -0.05) is 12.1 Å². The van der Waals surface area contributed by atoms with Crippen molar-refractivity contribution in [3.05, 3.63) is 48.3 Å². The number of hydrogen-bond acceptors (Lipinski definition) is 2. The van der Waals surface area contributed by atoms with Crippen LogP contribution >= 0.6 is 0 Å². The van der Waals surface area contributed by atoms with Gasteiger partial charge < -0.3 is 4.74 Å². The van der Waals surface area contributed by atoms with E-state index in [1.54, 1.807) is 18.0 Å². The fourth-order valence-corrected chi connectivity index (χ4v) is 1.25. The molecule has 2 aromatic rings. The largest absolute Gasteiger partial charge is 0.497 e. The van der Waals surface area contributed by atoms with E-state index in [0.717, 1.165) is 11.3 Å². The minimum absolute atomic E-state index is 0.867. The standard InChI is InChI=1S/C12H12N2O/c1-15-12-5-3-11(4-6-12)7-10-14-9-2-8-13-14/h2-10H,1H3/b10-7+. The van der Waals surface area contributed by atoms with Crippen molar-refractivity contribution in [3.63, 3.8) is 0 Å². The summed E-state index contributed by atoms with van der Waals surface area (Å²) < 4.78 is 6.83. The molecule has 0 atom stereocenters. The third kappa shape index (κ3) is 2.47. The molecule has 15 heavy (non-hydrogen) atoms. The van der Waals surface area contributed by atoms with Gasteiger partial charge in [0.1, 0.15) is 5.75 Å². The van der Waals surface area contributed by atoms with E-state index in [-0.39, 0.29) is 0 Å². The average Bonchev–Trinajstić information content (AvgIpc) is 2.80. The van der Waals surface area contributed by atoms with E-state index in [0.29, 0.717) is 0 Å². The lowest BCUT2D eigenvalue weighted by molar-refractivity contribution is 0.415. The van der Waals surface area contributed by atoms with Crippen LogP contribution in [0.2, 0.25) is 0 Å². The maximum atomic E-state index is 5.08. The van der Waals surface area contributed by atoms with E-state index in [1.807, 2.05) is 48.8 Å². The third-order valence-corrected chi connectivity index (χ3v) is 2.06. The summed E-state index contributed by atoms with van der Waals surface area (Å²) in [6.45, 7) is 0. The molecule has 0 N–H and O–H groups in total. The van der Waals surface area contributed by atoms with Crippen LogP contribution in [0.4, 0.5) is 0 Å². The molecule has 0 unspecified atom stereocenters. The summed E-state index contributed by atoms with van der Waals surface area (Å²) in [6, 6.07) is 9.75. The summed E-state index contributed by atoms with van der Waals surface area (Å²) in [5, 5.41) is 4.07. The first kappa shape index (κ1) is 9.52. The van der Waals surface area contributed by atoms with Gasteiger partial charge in [-0.15, -0.1) is 0 Å². The monoisotopic (exact) mass is 200 g/mol. The Balaban J connectivity index is 2.11. The van der Waals surface area contributed by atoms with Crippen molar-refractivity contribution in [2.45, 2.75) is 0 Å². The van der Waals surface area contributed by atoms with E-state index in [9.17, 15) is 0 Å². The van der Waals surface area contributed by atoms with Crippen LogP contribution in [0.5, 0.6) is 5.75 Å². The molecule has 0 radical (unpaired) electrons. The van der Waals surface area contributed by atoms with Crippen LogP contribution in [-0.2, 0) is 0 Å². The Morgan fingerprint density at radius 2 is 2.07 bits per heavy atom. The molecule has 3 heteroatoms. The quantitative estimate of drug-likeness (QED) is 0.761. The summed E-state index contributed by atoms with van der Waals surface area (Å²) in [4.78, 5) is 0. The molecule has 0 fully saturated rings. The molecule has 0 aliphatic carbocycles. The zero-order chi connectivity index (χ0) is 10.5. The van der Waals surface area contributed by atoms with Crippen LogP contribution in [0.15, 0.2) is 42.7 Å². The van der Waals surface area contributed by atoms with Crippen molar-refractivity contribution in [2.24, 2.45) is 0 Å². The van der Waals surface area contributed by atoms with Crippen LogP contribution in [0.1, 0.15) is 5.56 Å². The number of hydrogen-bond donors (Lipinski definition) is 0. The van der Waals surface area contributed by atoms with Gasteiger partial charge in [0.05, 0.1) is 7.11 Å². The fraction of sp³-hybridized carbons (Fsp3) is 0.0833. The number of benzene rings is 1. The predicted octanol–water partition coefficient (Wildman–Crippen LogP) is 2.52. The van der Waals surface area contributed by atoms with Gasteiger partial charge in [-0.05, 0) is 29.8 Å². The highest BCUT2D eigenvalue weighted by Crippen LogP contribution is 2.12. The molecular weight excluding hydrogens is 188 g/mol. The molecule has 0 aliphatic heterocycles. The highest BCUT2D eigenvalue weighted by Gasteiger charge is 1.89. The highest BCUT2D eigenvalue weighted by molar-refractivity contribution is 5.60. The molecule has 1 aromatic carbocycles. The van der Waals surface area contributed by atoms with Gasteiger partial charge in [0, 0.05) is 18.6 Å². The lowest BCUT2D eigenvalue weighted by Gasteiger charge is -1.98. The minimum atomic E-state index is 0.867. The van der Waals surface area contributed by atoms with Gasteiger partial charge in [0.25, 0.3) is 0 Å². The molecule has 0 saturated carbocycles. The second-order valence-electron chi connectivity index (χ2n) is 3.07. The molecule has 0 spiro atoms. The normalized spacial score (nSPS) is 10.7. The Morgan fingerprint density at radius 3 is 2.67 bits per heavy atom. The van der Waals surface area contributed by atoms with E-state index in [4.69, 9.17) is 4.74 Å². The first-order valence-electron chi connectivity index (χ1n) is 4.70. The van der Waals surface area contributed by atoms with Gasteiger partial charge in [-0.2, -0.15) is 5.10 Å². The predicted molar refractivity (Wildman–Crippen MR) is 60.4 cm³/mol. The van der Waals surface area contributed by atoms with Crippen molar-refractivity contribution < 1.29 is 4.74 Å². The van der Waals surface area contributed by atoms with Crippen LogP contribution < -0.4 is 4.74 Å². The topological polar surface area (TPSA) is 27.1 Å². The number of rotatable bonds is 3. The molecule has 1 aromatic heterocycles. The molecular formula is C12H12N2O. The molecule has 1 heterocycles. The van der Waals surface area contributed by atoms with Gasteiger partial charge >= 0.3 is 0 Å². The minimum Gasteiger partial charge on any atom is -0.497 e. The van der Waals surface area contributed by atoms with Crippen molar-refractivity contribution in [2.75, 3.05) is 7.11 Å². The van der Waals surface area contributed by atoms with E-state index >= 15 is 0 Å². The maximum Gasteiger partial charge on any atom is 0.118 e. The van der Waals surface area contributed by atoms with Gasteiger partial charge in [-0.3, -0.25) is 0 Å². The second-order valence-corrected chi connectivity index (χ2v) is 3.07. The third-order valence-electron chi connectivity index (χ3n) is 2.06. The molecule has 2 rings (SSSR count). The van der Waals surface area contributed by atoms with Crippen LogP contribution in [0.25, 0.3) is 12.3 Å². The summed E-state index contributed by atoms with van der Waals surface area (Å²) >= 11 is 0. The Morgan fingerprint density at radius 1 is 1.27 bits per heavy atom. The van der Waals surface area contributed by atoms with Gasteiger partial charge in [0.15, 0.2) is 0 Å². The van der Waals surface area contributed by atoms with Crippen LogP contribution in [0.3, 0.4) is 0 Å². The SMILES string of the molecule is COc1ccc(/C=C/n2cccn2)cc1. The second kappa shape index (κ2) is 4.46. The van der Waals surface area contributed by atoms with Crippen LogP contribution in [-0.4, -0.2) is 16.9 Å². The summed E-state index contributed by atoms with van der Waals surface area (Å²) in [7, 11) is 1.66. The Hall–Kier alpha value is -2.03. The van der Waals surface area contributed by atoms with Crippen molar-refractivity contribution in [1.29, 1.82) is 0 Å². The molecule has 76 valence electrons. The van der Waals surface area contributed by atoms with Gasteiger partial charge in [-0.25, -0.2) is 4.68 Å². The molecule has 0 aliphatic rings. The zero-order valence-corrected chi connectivity index (χ0v) is 8.50. The van der Waals surface area contributed by atoms with Crippen LogP contribution in [0, 0.1) is 0 Å². The number of ether oxygens (including phenoxy) is 1. The summed E-state index contributed by atoms with van der Waals surface area (Å²) in [5.74, 6) is 0.867. The smallest absolute Gasteiger partial charge is 0.118 e. The number of methoxy groups -OCH3 is 1. The maximum absolute atomic E-state index is 5.08. The Kier molecular flexibility index (Phi) is 2.83. The number of aromatic nitrogens is 2. The first-order valence-corrected chi connectivity index (χ1v) is 4.70. The summed E-state index contributed by atoms with van der Waals surface area (Å²) in [5.41, 5.74) is 1.12.